The predicted molar refractivity (Wildman–Crippen MR) is 87.1 cm³/mol. The molecule has 0 fully saturated rings. The molecule has 0 aliphatic carbocycles. The summed E-state index contributed by atoms with van der Waals surface area (Å²) in [6.07, 6.45) is -0.571. The maximum Gasteiger partial charge on any atom is 0.104 e. The number of aryl methyl sites for hydroxylation is 1. The van der Waals surface area contributed by atoms with E-state index < -0.39 is 6.10 Å². The van der Waals surface area contributed by atoms with Crippen LogP contribution in [0.5, 0.6) is 0 Å². The molecule has 1 atom stereocenters. The molecule has 1 unspecified atom stereocenters. The average molecular weight is 274 g/mol. The molecule has 0 saturated carbocycles. The van der Waals surface area contributed by atoms with Gasteiger partial charge in [-0.1, -0.05) is 84.4 Å². The van der Waals surface area contributed by atoms with Crippen molar-refractivity contribution in [2.75, 3.05) is 0 Å². The van der Waals surface area contributed by atoms with E-state index in [0.29, 0.717) is 0 Å². The van der Waals surface area contributed by atoms with Crippen LogP contribution in [0, 0.1) is 6.92 Å². The quantitative estimate of drug-likeness (QED) is 0.731. The predicted octanol–water partition coefficient (Wildman–Crippen LogP) is 4.74. The van der Waals surface area contributed by atoms with E-state index in [1.807, 2.05) is 42.5 Å². The molecule has 1 N–H and O–H groups in total. The normalized spacial score (nSPS) is 12.1. The summed E-state index contributed by atoms with van der Waals surface area (Å²) in [4.78, 5) is 0. The van der Waals surface area contributed by atoms with Crippen molar-refractivity contribution in [2.45, 2.75) is 13.0 Å². The van der Waals surface area contributed by atoms with Gasteiger partial charge in [-0.2, -0.15) is 0 Å². The SMILES string of the molecule is Cc1ccc(-c2ccc(C(O)c3ccccc3)cc2)cc1. The number of benzene rings is 3. The third-order valence-electron chi connectivity index (χ3n) is 3.73. The molecule has 0 saturated heterocycles. The molecule has 3 aromatic carbocycles. The smallest absolute Gasteiger partial charge is 0.104 e. The average Bonchev–Trinajstić information content (AvgIpc) is 2.56. The van der Waals surface area contributed by atoms with Crippen molar-refractivity contribution in [3.8, 4) is 11.1 Å². The minimum Gasteiger partial charge on any atom is -0.384 e. The van der Waals surface area contributed by atoms with Crippen molar-refractivity contribution in [1.29, 1.82) is 0 Å². The standard InChI is InChI=1S/C20H18O/c1-15-7-9-16(10-8-15)17-11-13-19(14-12-17)20(21)18-5-3-2-4-6-18/h2-14,20-21H,1H3. The van der Waals surface area contributed by atoms with Crippen LogP contribution in [0.15, 0.2) is 78.9 Å². The zero-order chi connectivity index (χ0) is 14.7. The van der Waals surface area contributed by atoms with Gasteiger partial charge in [-0.15, -0.1) is 0 Å². The lowest BCUT2D eigenvalue weighted by molar-refractivity contribution is 0.220. The summed E-state index contributed by atoms with van der Waals surface area (Å²) in [5.74, 6) is 0. The van der Waals surface area contributed by atoms with Gasteiger partial charge in [-0.3, -0.25) is 0 Å². The van der Waals surface area contributed by atoms with Crippen LogP contribution in [0.3, 0.4) is 0 Å². The molecule has 0 heterocycles. The van der Waals surface area contributed by atoms with E-state index in [0.717, 1.165) is 11.1 Å². The van der Waals surface area contributed by atoms with Crippen LogP contribution < -0.4 is 0 Å². The molecule has 104 valence electrons. The molecule has 0 aliphatic heterocycles. The highest BCUT2D eigenvalue weighted by Gasteiger charge is 2.09. The maximum atomic E-state index is 10.4. The zero-order valence-corrected chi connectivity index (χ0v) is 12.0. The van der Waals surface area contributed by atoms with E-state index in [-0.39, 0.29) is 0 Å². The second kappa shape index (κ2) is 5.94. The van der Waals surface area contributed by atoms with Crippen molar-refractivity contribution >= 4 is 0 Å². The molecule has 0 spiro atoms. The summed E-state index contributed by atoms with van der Waals surface area (Å²) in [5.41, 5.74) is 5.45. The Hall–Kier alpha value is -2.38. The van der Waals surface area contributed by atoms with Gasteiger partial charge < -0.3 is 5.11 Å². The van der Waals surface area contributed by atoms with E-state index in [2.05, 4.69) is 43.3 Å². The number of hydrogen-bond donors (Lipinski definition) is 1. The molecular formula is C20H18O. The van der Waals surface area contributed by atoms with Gasteiger partial charge in [0.15, 0.2) is 0 Å². The van der Waals surface area contributed by atoms with E-state index in [9.17, 15) is 5.11 Å². The van der Waals surface area contributed by atoms with E-state index in [4.69, 9.17) is 0 Å². The lowest BCUT2D eigenvalue weighted by Gasteiger charge is -2.12. The van der Waals surface area contributed by atoms with Crippen LogP contribution in [-0.2, 0) is 0 Å². The molecule has 3 aromatic rings. The molecule has 0 aliphatic rings. The zero-order valence-electron chi connectivity index (χ0n) is 12.0. The Bertz CT molecular complexity index is 697. The Kier molecular flexibility index (Phi) is 3.85. The van der Waals surface area contributed by atoms with Crippen LogP contribution >= 0.6 is 0 Å². The Balaban J connectivity index is 1.85. The summed E-state index contributed by atoms with van der Waals surface area (Å²) in [7, 11) is 0. The van der Waals surface area contributed by atoms with E-state index >= 15 is 0 Å². The minimum atomic E-state index is -0.571. The fraction of sp³-hybridized carbons (Fsp3) is 0.100. The molecule has 0 radical (unpaired) electrons. The Morgan fingerprint density at radius 1 is 0.619 bits per heavy atom. The highest BCUT2D eigenvalue weighted by molar-refractivity contribution is 5.64. The van der Waals surface area contributed by atoms with Crippen LogP contribution in [0.4, 0.5) is 0 Å². The van der Waals surface area contributed by atoms with E-state index in [1.54, 1.807) is 0 Å². The van der Waals surface area contributed by atoms with Crippen LogP contribution in [-0.4, -0.2) is 5.11 Å². The summed E-state index contributed by atoms with van der Waals surface area (Å²) in [6, 6.07) is 26.3. The second-order valence-electron chi connectivity index (χ2n) is 5.30. The Labute approximate surface area is 125 Å². The third kappa shape index (κ3) is 3.04. The van der Waals surface area contributed by atoms with Gasteiger partial charge in [0.05, 0.1) is 0 Å². The van der Waals surface area contributed by atoms with Gasteiger partial charge in [0.25, 0.3) is 0 Å². The van der Waals surface area contributed by atoms with Gasteiger partial charge >= 0.3 is 0 Å². The van der Waals surface area contributed by atoms with Gasteiger partial charge in [0.2, 0.25) is 0 Å². The summed E-state index contributed by atoms with van der Waals surface area (Å²) in [6.45, 7) is 2.09. The molecule has 3 rings (SSSR count). The highest BCUT2D eigenvalue weighted by atomic mass is 16.3. The first-order valence-corrected chi connectivity index (χ1v) is 7.14. The number of rotatable bonds is 3. The number of aliphatic hydroxyl groups is 1. The second-order valence-corrected chi connectivity index (χ2v) is 5.30. The number of hydrogen-bond acceptors (Lipinski definition) is 1. The molecular weight excluding hydrogens is 256 g/mol. The molecule has 1 nitrogen and oxygen atoms in total. The fourth-order valence-corrected chi connectivity index (χ4v) is 2.43. The van der Waals surface area contributed by atoms with E-state index in [1.165, 1.54) is 16.7 Å². The minimum absolute atomic E-state index is 0.571. The van der Waals surface area contributed by atoms with Gasteiger partial charge in [0, 0.05) is 0 Å². The topological polar surface area (TPSA) is 20.2 Å². The molecule has 0 bridgehead atoms. The van der Waals surface area contributed by atoms with Crippen molar-refractivity contribution in [2.24, 2.45) is 0 Å². The van der Waals surface area contributed by atoms with Crippen molar-refractivity contribution in [1.82, 2.24) is 0 Å². The van der Waals surface area contributed by atoms with Gasteiger partial charge in [0.1, 0.15) is 6.10 Å². The highest BCUT2D eigenvalue weighted by Crippen LogP contribution is 2.25. The van der Waals surface area contributed by atoms with Crippen LogP contribution in [0.25, 0.3) is 11.1 Å². The molecule has 0 aromatic heterocycles. The summed E-state index contributed by atoms with van der Waals surface area (Å²) < 4.78 is 0. The lowest BCUT2D eigenvalue weighted by Crippen LogP contribution is -1.98. The van der Waals surface area contributed by atoms with Crippen LogP contribution in [0.1, 0.15) is 22.8 Å². The van der Waals surface area contributed by atoms with Crippen molar-refractivity contribution in [3.63, 3.8) is 0 Å². The maximum absolute atomic E-state index is 10.4. The summed E-state index contributed by atoms with van der Waals surface area (Å²) >= 11 is 0. The lowest BCUT2D eigenvalue weighted by atomic mass is 9.98. The molecule has 1 heteroatoms. The first kappa shape index (κ1) is 13.6. The van der Waals surface area contributed by atoms with Crippen molar-refractivity contribution in [3.05, 3.63) is 95.6 Å². The Morgan fingerprint density at radius 2 is 1.10 bits per heavy atom. The summed E-state index contributed by atoms with van der Waals surface area (Å²) in [5, 5.41) is 10.4. The van der Waals surface area contributed by atoms with Crippen LogP contribution in [0.2, 0.25) is 0 Å². The Morgan fingerprint density at radius 3 is 1.67 bits per heavy atom. The largest absolute Gasteiger partial charge is 0.384 e. The fourth-order valence-electron chi connectivity index (χ4n) is 2.43. The third-order valence-corrected chi connectivity index (χ3v) is 3.73. The number of aliphatic hydroxyl groups excluding tert-OH is 1. The van der Waals surface area contributed by atoms with Gasteiger partial charge in [-0.05, 0) is 29.2 Å². The molecule has 21 heavy (non-hydrogen) atoms. The van der Waals surface area contributed by atoms with Crippen molar-refractivity contribution < 1.29 is 5.11 Å². The first-order chi connectivity index (χ1) is 10.2. The monoisotopic (exact) mass is 274 g/mol. The molecule has 0 amide bonds. The van der Waals surface area contributed by atoms with Gasteiger partial charge in [-0.25, -0.2) is 0 Å². The first-order valence-electron chi connectivity index (χ1n) is 7.14.